The van der Waals surface area contributed by atoms with Crippen LogP contribution in [0.25, 0.3) is 11.6 Å². The van der Waals surface area contributed by atoms with E-state index < -0.39 is 5.60 Å². The average molecular weight is 389 g/mol. The number of ether oxygens (including phenoxy) is 2. The number of esters is 1. The summed E-state index contributed by atoms with van der Waals surface area (Å²) in [5, 5.41) is 0. The first kappa shape index (κ1) is 19.4. The number of nitrogens with zero attached hydrogens (tertiary/aromatic N) is 1. The van der Waals surface area contributed by atoms with Gasteiger partial charge in [0.15, 0.2) is 0 Å². The van der Waals surface area contributed by atoms with Gasteiger partial charge in [-0.25, -0.2) is 4.79 Å². The molecule has 0 amide bonds. The summed E-state index contributed by atoms with van der Waals surface area (Å²) in [5.41, 5.74) is 4.38. The van der Waals surface area contributed by atoms with Crippen molar-refractivity contribution in [2.45, 2.75) is 58.5 Å². The number of pyridine rings is 1. The molecule has 2 aromatic rings. The third kappa shape index (κ3) is 4.58. The Labute approximate surface area is 172 Å². The van der Waals surface area contributed by atoms with E-state index in [2.05, 4.69) is 17.1 Å². The molecule has 0 N–H and O–H groups in total. The molecule has 1 aromatic heterocycles. The third-order valence-corrected chi connectivity index (χ3v) is 5.08. The number of benzene rings is 1. The van der Waals surface area contributed by atoms with Gasteiger partial charge in [0.1, 0.15) is 22.7 Å². The Balaban J connectivity index is 1.70. The molecule has 0 radical (unpaired) electrons. The first-order valence-corrected chi connectivity index (χ1v) is 10.3. The zero-order valence-electron chi connectivity index (χ0n) is 17.3. The number of allylic oxidation sites excluding steroid dienone is 3. The maximum absolute atomic E-state index is 12.8. The van der Waals surface area contributed by atoms with Crippen LogP contribution in [-0.2, 0) is 11.2 Å². The van der Waals surface area contributed by atoms with Crippen molar-refractivity contribution < 1.29 is 14.3 Å². The van der Waals surface area contributed by atoms with Crippen molar-refractivity contribution in [3.63, 3.8) is 0 Å². The van der Waals surface area contributed by atoms with Crippen LogP contribution in [0, 0.1) is 0 Å². The van der Waals surface area contributed by atoms with Crippen LogP contribution in [-0.4, -0.2) is 16.6 Å². The molecule has 0 fully saturated rings. The molecule has 0 atom stereocenters. The van der Waals surface area contributed by atoms with Gasteiger partial charge < -0.3 is 9.47 Å². The minimum atomic E-state index is -0.571. The second-order valence-corrected chi connectivity index (χ2v) is 8.60. The predicted molar refractivity (Wildman–Crippen MR) is 115 cm³/mol. The van der Waals surface area contributed by atoms with E-state index in [1.807, 2.05) is 51.1 Å². The molecule has 2 aliphatic carbocycles. The van der Waals surface area contributed by atoms with Crippen molar-refractivity contribution in [2.24, 2.45) is 0 Å². The van der Waals surface area contributed by atoms with Gasteiger partial charge in [0, 0.05) is 6.42 Å². The molecule has 0 bridgehead atoms. The fourth-order valence-electron chi connectivity index (χ4n) is 3.69. The van der Waals surface area contributed by atoms with Gasteiger partial charge in [0.2, 0.25) is 0 Å². The van der Waals surface area contributed by atoms with Gasteiger partial charge in [-0.1, -0.05) is 24.3 Å². The van der Waals surface area contributed by atoms with Gasteiger partial charge in [0.05, 0.1) is 11.9 Å². The molecule has 1 heterocycles. The standard InChI is InChI=1S/C25H27NO3/c1-25(2,3)29-24(27)21-13-12-18(17-8-5-4-6-9-17)15-23(21)28-20-14-19-10-7-11-22(19)26-16-20/h7-8,10,12-16H,4-6,9,11H2,1-3H3. The van der Waals surface area contributed by atoms with E-state index in [0.717, 1.165) is 36.1 Å². The maximum atomic E-state index is 12.8. The average Bonchev–Trinajstić information content (AvgIpc) is 3.15. The fraction of sp³-hybridized carbons (Fsp3) is 0.360. The van der Waals surface area contributed by atoms with Crippen LogP contribution in [0.1, 0.15) is 73.6 Å². The van der Waals surface area contributed by atoms with Crippen molar-refractivity contribution >= 4 is 17.6 Å². The molecule has 0 spiro atoms. The number of hydrogen-bond acceptors (Lipinski definition) is 4. The van der Waals surface area contributed by atoms with Crippen LogP contribution in [0.5, 0.6) is 11.5 Å². The van der Waals surface area contributed by atoms with Gasteiger partial charge in [0.25, 0.3) is 0 Å². The molecule has 0 saturated heterocycles. The summed E-state index contributed by atoms with van der Waals surface area (Å²) < 4.78 is 11.8. The van der Waals surface area contributed by atoms with Gasteiger partial charge in [-0.3, -0.25) is 4.98 Å². The summed E-state index contributed by atoms with van der Waals surface area (Å²) in [5.74, 6) is 0.743. The summed E-state index contributed by atoms with van der Waals surface area (Å²) in [6.45, 7) is 5.59. The molecule has 0 aliphatic heterocycles. The first-order valence-electron chi connectivity index (χ1n) is 10.3. The van der Waals surface area contributed by atoms with Crippen molar-refractivity contribution in [2.75, 3.05) is 0 Å². The van der Waals surface area contributed by atoms with Crippen LogP contribution in [0.4, 0.5) is 0 Å². The van der Waals surface area contributed by atoms with Crippen LogP contribution < -0.4 is 4.74 Å². The van der Waals surface area contributed by atoms with E-state index >= 15 is 0 Å². The number of rotatable bonds is 4. The highest BCUT2D eigenvalue weighted by Crippen LogP contribution is 2.34. The summed E-state index contributed by atoms with van der Waals surface area (Å²) >= 11 is 0. The van der Waals surface area contributed by atoms with Crippen molar-refractivity contribution in [1.82, 2.24) is 4.98 Å². The smallest absolute Gasteiger partial charge is 0.342 e. The highest BCUT2D eigenvalue weighted by atomic mass is 16.6. The second-order valence-electron chi connectivity index (χ2n) is 8.60. The molecule has 0 saturated carbocycles. The number of fused-ring (bicyclic) bond motifs is 1. The van der Waals surface area contributed by atoms with Crippen molar-refractivity contribution in [3.05, 3.63) is 65.0 Å². The Morgan fingerprint density at radius 1 is 1.14 bits per heavy atom. The highest BCUT2D eigenvalue weighted by molar-refractivity contribution is 5.93. The van der Waals surface area contributed by atoms with Crippen molar-refractivity contribution in [1.29, 1.82) is 0 Å². The third-order valence-electron chi connectivity index (χ3n) is 5.08. The minimum Gasteiger partial charge on any atom is -0.456 e. The van der Waals surface area contributed by atoms with E-state index in [4.69, 9.17) is 9.47 Å². The Morgan fingerprint density at radius 3 is 2.76 bits per heavy atom. The lowest BCUT2D eigenvalue weighted by Crippen LogP contribution is -2.24. The van der Waals surface area contributed by atoms with E-state index in [-0.39, 0.29) is 5.97 Å². The monoisotopic (exact) mass is 389 g/mol. The topological polar surface area (TPSA) is 48.4 Å². The Kier molecular flexibility index (Phi) is 5.27. The molecule has 1 aromatic carbocycles. The molecule has 0 unspecified atom stereocenters. The number of carbonyl (C=O) groups excluding carboxylic acids is 1. The summed E-state index contributed by atoms with van der Waals surface area (Å²) in [4.78, 5) is 17.3. The molecule has 2 aliphatic rings. The van der Waals surface area contributed by atoms with Crippen LogP contribution in [0.15, 0.2) is 42.6 Å². The normalized spacial score (nSPS) is 15.6. The van der Waals surface area contributed by atoms with Gasteiger partial charge in [-0.15, -0.1) is 0 Å². The maximum Gasteiger partial charge on any atom is 0.342 e. The van der Waals surface area contributed by atoms with Gasteiger partial charge in [-0.05, 0) is 81.4 Å². The SMILES string of the molecule is CC(C)(C)OC(=O)c1ccc(C2=CCCCC2)cc1Oc1cnc2c(c1)C=CC2. The fourth-order valence-corrected chi connectivity index (χ4v) is 3.69. The largest absolute Gasteiger partial charge is 0.456 e. The molecular formula is C25H27NO3. The van der Waals surface area contributed by atoms with E-state index in [1.165, 1.54) is 18.4 Å². The van der Waals surface area contributed by atoms with E-state index in [9.17, 15) is 4.79 Å². The van der Waals surface area contributed by atoms with Gasteiger partial charge >= 0.3 is 5.97 Å². The number of aromatic nitrogens is 1. The number of hydrogen-bond donors (Lipinski definition) is 0. The predicted octanol–water partition coefficient (Wildman–Crippen LogP) is 6.36. The molecule has 150 valence electrons. The van der Waals surface area contributed by atoms with E-state index in [1.54, 1.807) is 6.20 Å². The summed E-state index contributed by atoms with van der Waals surface area (Å²) in [7, 11) is 0. The van der Waals surface area contributed by atoms with Gasteiger partial charge in [-0.2, -0.15) is 0 Å². The number of carbonyl (C=O) groups is 1. The van der Waals surface area contributed by atoms with Crippen LogP contribution >= 0.6 is 0 Å². The van der Waals surface area contributed by atoms with Crippen LogP contribution in [0.3, 0.4) is 0 Å². The lowest BCUT2D eigenvalue weighted by atomic mass is 9.93. The van der Waals surface area contributed by atoms with Crippen LogP contribution in [0.2, 0.25) is 0 Å². The molecular weight excluding hydrogens is 362 g/mol. The zero-order valence-corrected chi connectivity index (χ0v) is 17.3. The lowest BCUT2D eigenvalue weighted by molar-refractivity contribution is 0.00672. The molecule has 29 heavy (non-hydrogen) atoms. The van der Waals surface area contributed by atoms with E-state index in [0.29, 0.717) is 17.1 Å². The lowest BCUT2D eigenvalue weighted by Gasteiger charge is -2.21. The first-order chi connectivity index (χ1) is 13.9. The quantitative estimate of drug-likeness (QED) is 0.571. The summed E-state index contributed by atoms with van der Waals surface area (Å²) in [6.07, 6.45) is 13.6. The Hall–Kier alpha value is -2.88. The molecule has 4 rings (SSSR count). The highest BCUT2D eigenvalue weighted by Gasteiger charge is 2.23. The Bertz CT molecular complexity index is 996. The minimum absolute atomic E-state index is 0.384. The summed E-state index contributed by atoms with van der Waals surface area (Å²) in [6, 6.07) is 7.73. The Morgan fingerprint density at radius 2 is 2.00 bits per heavy atom. The van der Waals surface area contributed by atoms with Crippen molar-refractivity contribution in [3.8, 4) is 11.5 Å². The zero-order chi connectivity index (χ0) is 20.4. The second kappa shape index (κ2) is 7.86. The molecule has 4 nitrogen and oxygen atoms in total. The molecule has 4 heteroatoms.